The molecule has 0 unspecified atom stereocenters. The Bertz CT molecular complexity index is 607. The first-order valence-electron chi connectivity index (χ1n) is 8.62. The highest BCUT2D eigenvalue weighted by molar-refractivity contribution is 5.91. The van der Waals surface area contributed by atoms with Crippen LogP contribution >= 0.6 is 0 Å². The third-order valence-corrected chi connectivity index (χ3v) is 6.02. The molecule has 1 heterocycles. The van der Waals surface area contributed by atoms with E-state index in [0.29, 0.717) is 24.8 Å². The molecular weight excluding hydrogens is 308 g/mol. The first-order valence-corrected chi connectivity index (χ1v) is 8.62. The number of fused-ring (bicyclic) bond motifs is 2. The summed E-state index contributed by atoms with van der Waals surface area (Å²) >= 11 is 0. The minimum atomic E-state index is -0.565. The number of aliphatic hydroxyl groups excluding tert-OH is 1. The molecule has 0 spiro atoms. The smallest absolute Gasteiger partial charge is 0.334 e. The van der Waals surface area contributed by atoms with Gasteiger partial charge in [0, 0.05) is 16.9 Å². The molecule has 0 aromatic rings. The van der Waals surface area contributed by atoms with Crippen LogP contribution in [0.3, 0.4) is 0 Å². The van der Waals surface area contributed by atoms with E-state index in [4.69, 9.17) is 9.47 Å². The Morgan fingerprint density at radius 3 is 2.71 bits per heavy atom. The van der Waals surface area contributed by atoms with Gasteiger partial charge in [0.2, 0.25) is 0 Å². The standard InChI is InChI=1S/C19H26O5/c1-9(2)17(21)24-16-14-11(4)18(22)23-12(14)8-19(5)13(20)7-6-10(3)15(16)19/h9,12-16,20H,3-4,6-8H2,1-2,5H3/t12-,13-,14+,15-,16+,19+/m1/s1. The number of aliphatic hydroxyl groups is 1. The fourth-order valence-corrected chi connectivity index (χ4v) is 4.63. The molecule has 3 rings (SSSR count). The number of rotatable bonds is 2. The Labute approximate surface area is 142 Å². The van der Waals surface area contributed by atoms with Gasteiger partial charge < -0.3 is 14.6 Å². The average molecular weight is 334 g/mol. The average Bonchev–Trinajstić information content (AvgIpc) is 2.77. The molecule has 1 N–H and O–H groups in total. The lowest BCUT2D eigenvalue weighted by molar-refractivity contribution is -0.183. The molecule has 1 saturated heterocycles. The van der Waals surface area contributed by atoms with E-state index in [0.717, 1.165) is 5.57 Å². The Morgan fingerprint density at radius 1 is 1.42 bits per heavy atom. The maximum Gasteiger partial charge on any atom is 0.334 e. The second-order valence-corrected chi connectivity index (χ2v) is 7.95. The molecule has 6 atom stereocenters. The molecule has 0 aromatic carbocycles. The van der Waals surface area contributed by atoms with Crippen LogP contribution in [-0.2, 0) is 19.1 Å². The Balaban J connectivity index is 2.04. The zero-order valence-electron chi connectivity index (χ0n) is 14.6. The van der Waals surface area contributed by atoms with Gasteiger partial charge in [-0.1, -0.05) is 39.5 Å². The SMILES string of the molecule is C=C1C(=O)O[C@@H]2C[C@@]3(C)[C@H](O)CCC(=C)[C@@H]3[C@@H](OC(=O)C(C)C)[C@@H]12. The van der Waals surface area contributed by atoms with Gasteiger partial charge in [-0.2, -0.15) is 0 Å². The normalized spacial score (nSPS) is 41.7. The van der Waals surface area contributed by atoms with Crippen molar-refractivity contribution in [1.82, 2.24) is 0 Å². The minimum absolute atomic E-state index is 0.198. The number of esters is 2. The molecular formula is C19H26O5. The van der Waals surface area contributed by atoms with E-state index < -0.39 is 29.7 Å². The van der Waals surface area contributed by atoms with Crippen molar-refractivity contribution in [2.24, 2.45) is 23.2 Å². The summed E-state index contributed by atoms with van der Waals surface area (Å²) in [6.07, 6.45) is 0.338. The van der Waals surface area contributed by atoms with Gasteiger partial charge in [0.1, 0.15) is 12.2 Å². The summed E-state index contributed by atoms with van der Waals surface area (Å²) in [4.78, 5) is 24.3. The van der Waals surface area contributed by atoms with E-state index in [1.165, 1.54) is 0 Å². The van der Waals surface area contributed by atoms with E-state index in [9.17, 15) is 14.7 Å². The number of ether oxygens (including phenoxy) is 2. The second kappa shape index (κ2) is 5.73. The number of hydrogen-bond donors (Lipinski definition) is 1. The highest BCUT2D eigenvalue weighted by Gasteiger charge is 2.62. The molecule has 0 aromatic heterocycles. The van der Waals surface area contributed by atoms with Crippen LogP contribution in [0.25, 0.3) is 0 Å². The maximum atomic E-state index is 12.3. The lowest BCUT2D eigenvalue weighted by Crippen LogP contribution is -2.58. The van der Waals surface area contributed by atoms with Crippen LogP contribution in [0.5, 0.6) is 0 Å². The van der Waals surface area contributed by atoms with Gasteiger partial charge in [0.05, 0.1) is 17.9 Å². The molecule has 24 heavy (non-hydrogen) atoms. The Hall–Kier alpha value is -1.62. The van der Waals surface area contributed by atoms with Crippen LogP contribution in [0, 0.1) is 23.2 Å². The van der Waals surface area contributed by atoms with E-state index in [-0.39, 0.29) is 23.7 Å². The third-order valence-electron chi connectivity index (χ3n) is 6.02. The van der Waals surface area contributed by atoms with Crippen molar-refractivity contribution in [3.8, 4) is 0 Å². The van der Waals surface area contributed by atoms with Crippen molar-refractivity contribution in [2.75, 3.05) is 0 Å². The molecule has 132 valence electrons. The molecule has 2 saturated carbocycles. The molecule has 0 bridgehead atoms. The highest BCUT2D eigenvalue weighted by Crippen LogP contribution is 2.57. The van der Waals surface area contributed by atoms with Crippen molar-refractivity contribution < 1.29 is 24.2 Å². The van der Waals surface area contributed by atoms with Crippen LogP contribution in [0.1, 0.15) is 40.0 Å². The topological polar surface area (TPSA) is 72.8 Å². The number of carbonyl (C=O) groups excluding carboxylic acids is 2. The van der Waals surface area contributed by atoms with Crippen molar-refractivity contribution in [3.05, 3.63) is 24.3 Å². The van der Waals surface area contributed by atoms with Gasteiger partial charge >= 0.3 is 11.9 Å². The first kappa shape index (κ1) is 17.2. The summed E-state index contributed by atoms with van der Waals surface area (Å²) in [7, 11) is 0. The molecule has 5 heteroatoms. The molecule has 1 aliphatic heterocycles. The summed E-state index contributed by atoms with van der Waals surface area (Å²) in [5, 5.41) is 10.6. The van der Waals surface area contributed by atoms with Crippen molar-refractivity contribution in [2.45, 2.75) is 58.3 Å². The summed E-state index contributed by atoms with van der Waals surface area (Å²) in [5.41, 5.74) is 0.801. The van der Waals surface area contributed by atoms with Crippen LogP contribution in [0.4, 0.5) is 0 Å². The van der Waals surface area contributed by atoms with E-state index >= 15 is 0 Å². The van der Waals surface area contributed by atoms with Crippen LogP contribution in [0.15, 0.2) is 24.3 Å². The predicted octanol–water partition coefficient (Wildman–Crippen LogP) is 2.39. The quantitative estimate of drug-likeness (QED) is 0.477. The fraction of sp³-hybridized carbons (Fsp3) is 0.684. The van der Waals surface area contributed by atoms with Gasteiger partial charge in [-0.05, 0) is 19.3 Å². The predicted molar refractivity (Wildman–Crippen MR) is 87.8 cm³/mol. The molecule has 3 aliphatic rings. The minimum Gasteiger partial charge on any atom is -0.461 e. The number of carbonyl (C=O) groups is 2. The van der Waals surface area contributed by atoms with Crippen LogP contribution in [-0.4, -0.2) is 35.4 Å². The number of hydrogen-bond acceptors (Lipinski definition) is 5. The van der Waals surface area contributed by atoms with Crippen LogP contribution in [0.2, 0.25) is 0 Å². The van der Waals surface area contributed by atoms with Gasteiger partial charge in [0.25, 0.3) is 0 Å². The third kappa shape index (κ3) is 2.41. The fourth-order valence-electron chi connectivity index (χ4n) is 4.63. The summed E-state index contributed by atoms with van der Waals surface area (Å²) in [6, 6.07) is 0. The summed E-state index contributed by atoms with van der Waals surface area (Å²) < 4.78 is 11.3. The van der Waals surface area contributed by atoms with Crippen molar-refractivity contribution in [1.29, 1.82) is 0 Å². The maximum absolute atomic E-state index is 12.3. The monoisotopic (exact) mass is 334 g/mol. The van der Waals surface area contributed by atoms with E-state index in [1.807, 2.05) is 6.92 Å². The molecule has 3 fully saturated rings. The lowest BCUT2D eigenvalue weighted by Gasteiger charge is -2.54. The zero-order chi connectivity index (χ0) is 17.8. The van der Waals surface area contributed by atoms with Crippen molar-refractivity contribution >= 4 is 11.9 Å². The second-order valence-electron chi connectivity index (χ2n) is 7.95. The van der Waals surface area contributed by atoms with E-state index in [1.54, 1.807) is 13.8 Å². The van der Waals surface area contributed by atoms with Gasteiger partial charge in [-0.3, -0.25) is 4.79 Å². The Kier molecular flexibility index (Phi) is 4.11. The first-order chi connectivity index (χ1) is 11.2. The van der Waals surface area contributed by atoms with Crippen molar-refractivity contribution in [3.63, 3.8) is 0 Å². The van der Waals surface area contributed by atoms with E-state index in [2.05, 4.69) is 13.2 Å². The summed E-state index contributed by atoms with van der Waals surface area (Å²) in [6.45, 7) is 13.6. The largest absolute Gasteiger partial charge is 0.461 e. The highest BCUT2D eigenvalue weighted by atomic mass is 16.6. The summed E-state index contributed by atoms with van der Waals surface area (Å²) in [5.74, 6) is -1.58. The van der Waals surface area contributed by atoms with Crippen LogP contribution < -0.4 is 0 Å². The molecule has 0 radical (unpaired) electrons. The molecule has 2 aliphatic carbocycles. The van der Waals surface area contributed by atoms with Gasteiger partial charge in [-0.15, -0.1) is 0 Å². The van der Waals surface area contributed by atoms with Gasteiger partial charge in [0.15, 0.2) is 0 Å². The lowest BCUT2D eigenvalue weighted by atomic mass is 9.53. The van der Waals surface area contributed by atoms with Gasteiger partial charge in [-0.25, -0.2) is 4.79 Å². The Morgan fingerprint density at radius 2 is 2.08 bits per heavy atom. The zero-order valence-corrected chi connectivity index (χ0v) is 14.6. The molecule has 0 amide bonds. The molecule has 5 nitrogen and oxygen atoms in total.